The highest BCUT2D eigenvalue weighted by atomic mass is 16.5. The normalized spacial score (nSPS) is 20.7. The number of fused-ring (bicyclic) bond motifs is 5. The average Bonchev–Trinajstić information content (AvgIpc) is 3.50. The first kappa shape index (κ1) is 28.8. The molecule has 0 amide bonds. The number of rotatable bonds is 7. The molecule has 0 unspecified atom stereocenters. The third-order valence-electron chi connectivity index (χ3n) is 9.63. The summed E-state index contributed by atoms with van der Waals surface area (Å²) >= 11 is 0. The molecule has 0 aromatic heterocycles. The topological polar surface area (TPSA) is 72.9 Å². The lowest BCUT2D eigenvalue weighted by Gasteiger charge is -2.37. The van der Waals surface area contributed by atoms with Gasteiger partial charge in [0.25, 0.3) is 0 Å². The summed E-state index contributed by atoms with van der Waals surface area (Å²) in [7, 11) is 3.11. The molecule has 0 saturated carbocycles. The van der Waals surface area contributed by atoms with Crippen LogP contribution in [0.25, 0.3) is 6.08 Å². The number of Topliss-reactive ketones (excluding diaryl/α,β-unsaturated/α-hetero) is 3. The van der Waals surface area contributed by atoms with Crippen molar-refractivity contribution in [3.8, 4) is 11.5 Å². The summed E-state index contributed by atoms with van der Waals surface area (Å²) in [5, 5.41) is 0. The largest absolute Gasteiger partial charge is 0.493 e. The molecule has 4 aromatic rings. The molecular formula is C39H35NO5. The van der Waals surface area contributed by atoms with Crippen LogP contribution in [0.2, 0.25) is 0 Å². The monoisotopic (exact) mass is 597 g/mol. The van der Waals surface area contributed by atoms with E-state index in [4.69, 9.17) is 9.47 Å². The summed E-state index contributed by atoms with van der Waals surface area (Å²) in [4.78, 5) is 46.7. The quantitative estimate of drug-likeness (QED) is 0.166. The van der Waals surface area contributed by atoms with E-state index in [1.165, 1.54) is 0 Å². The highest BCUT2D eigenvalue weighted by Gasteiger charge is 2.71. The van der Waals surface area contributed by atoms with Gasteiger partial charge in [-0.15, -0.1) is 0 Å². The molecule has 3 aliphatic rings. The van der Waals surface area contributed by atoms with Crippen molar-refractivity contribution in [2.75, 3.05) is 19.1 Å². The van der Waals surface area contributed by atoms with Crippen LogP contribution < -0.4 is 14.4 Å². The number of nitrogens with zero attached hydrogens (tertiary/aromatic N) is 1. The van der Waals surface area contributed by atoms with Crippen LogP contribution in [0.1, 0.15) is 67.5 Å². The summed E-state index contributed by atoms with van der Waals surface area (Å²) in [6.07, 6.45) is 4.82. The predicted molar refractivity (Wildman–Crippen MR) is 175 cm³/mol. The number of ketones is 3. The van der Waals surface area contributed by atoms with E-state index in [1.54, 1.807) is 44.6 Å². The Hall–Kier alpha value is -4.97. The maximum Gasteiger partial charge on any atom is 0.185 e. The number of methoxy groups -OCH3 is 2. The van der Waals surface area contributed by atoms with Crippen molar-refractivity contribution in [2.24, 2.45) is 11.3 Å². The molecule has 226 valence electrons. The van der Waals surface area contributed by atoms with E-state index in [-0.39, 0.29) is 17.3 Å². The molecule has 4 aromatic carbocycles. The molecule has 0 bridgehead atoms. The molecule has 3 atom stereocenters. The van der Waals surface area contributed by atoms with Crippen LogP contribution in [0.3, 0.4) is 0 Å². The van der Waals surface area contributed by atoms with Gasteiger partial charge in [0.1, 0.15) is 11.5 Å². The van der Waals surface area contributed by atoms with Gasteiger partial charge < -0.3 is 14.4 Å². The van der Waals surface area contributed by atoms with E-state index >= 15 is 0 Å². The van der Waals surface area contributed by atoms with Gasteiger partial charge in [0.2, 0.25) is 0 Å². The summed E-state index contributed by atoms with van der Waals surface area (Å²) < 4.78 is 11.2. The lowest BCUT2D eigenvalue weighted by atomic mass is 9.64. The standard InChI is InChI=1S/C39H35NO5/c1-23(2)21-24-13-15-26(16-14-24)36(41)35-34(27-17-19-31(44-3)32(22-27)45-4)39(37(42)28-10-6-7-11-29(28)38(39)43)33-20-18-25-9-5-8-12-30(25)40(33)35/h5-20,22-23,33-35H,21H2,1-4H3/t33-,34-,35+/m1/s1. The molecule has 2 heterocycles. The van der Waals surface area contributed by atoms with Crippen LogP contribution in [-0.4, -0.2) is 43.7 Å². The zero-order valence-corrected chi connectivity index (χ0v) is 25.8. The van der Waals surface area contributed by atoms with Crippen LogP contribution in [0.4, 0.5) is 5.69 Å². The van der Waals surface area contributed by atoms with Crippen molar-refractivity contribution in [3.05, 3.63) is 130 Å². The Morgan fingerprint density at radius 1 is 0.822 bits per heavy atom. The van der Waals surface area contributed by atoms with Crippen molar-refractivity contribution in [2.45, 2.75) is 38.3 Å². The molecular weight excluding hydrogens is 562 g/mol. The Kier molecular flexibility index (Phi) is 6.96. The average molecular weight is 598 g/mol. The number of anilines is 1. The zero-order chi connectivity index (χ0) is 31.5. The second-order valence-electron chi connectivity index (χ2n) is 12.5. The Morgan fingerprint density at radius 3 is 2.11 bits per heavy atom. The van der Waals surface area contributed by atoms with E-state index in [2.05, 4.69) is 13.8 Å². The van der Waals surface area contributed by atoms with Gasteiger partial charge in [-0.1, -0.05) is 98.8 Å². The van der Waals surface area contributed by atoms with Gasteiger partial charge in [0, 0.05) is 28.3 Å². The van der Waals surface area contributed by atoms with Crippen LogP contribution in [0.15, 0.2) is 97.1 Å². The number of hydrogen-bond donors (Lipinski definition) is 0. The second-order valence-corrected chi connectivity index (χ2v) is 12.5. The van der Waals surface area contributed by atoms with E-state index in [0.717, 1.165) is 23.2 Å². The molecule has 45 heavy (non-hydrogen) atoms. The highest BCUT2D eigenvalue weighted by Crippen LogP contribution is 2.61. The molecule has 7 rings (SSSR count). The molecule has 1 spiro atoms. The first-order valence-electron chi connectivity index (χ1n) is 15.4. The lowest BCUT2D eigenvalue weighted by Crippen LogP contribution is -2.48. The number of carbonyl (C=O) groups is 3. The Morgan fingerprint density at radius 2 is 1.47 bits per heavy atom. The molecule has 2 aliphatic heterocycles. The summed E-state index contributed by atoms with van der Waals surface area (Å²) in [6.45, 7) is 4.33. The van der Waals surface area contributed by atoms with Crippen molar-refractivity contribution in [3.63, 3.8) is 0 Å². The van der Waals surface area contributed by atoms with Gasteiger partial charge in [-0.3, -0.25) is 14.4 Å². The summed E-state index contributed by atoms with van der Waals surface area (Å²) in [5.74, 6) is -0.0243. The fourth-order valence-corrected chi connectivity index (χ4v) is 7.78. The van der Waals surface area contributed by atoms with E-state index in [9.17, 15) is 14.4 Å². The van der Waals surface area contributed by atoms with Crippen molar-refractivity contribution in [1.29, 1.82) is 0 Å². The van der Waals surface area contributed by atoms with Crippen molar-refractivity contribution < 1.29 is 23.9 Å². The maximum absolute atomic E-state index is 15.0. The van der Waals surface area contributed by atoms with Gasteiger partial charge >= 0.3 is 0 Å². The molecule has 1 fully saturated rings. The smallest absolute Gasteiger partial charge is 0.185 e. The van der Waals surface area contributed by atoms with E-state index in [1.807, 2.05) is 77.7 Å². The number of carbonyl (C=O) groups excluding carboxylic acids is 3. The summed E-state index contributed by atoms with van der Waals surface area (Å²) in [5.41, 5.74) is 3.31. The first-order valence-corrected chi connectivity index (χ1v) is 15.4. The number of hydrogen-bond acceptors (Lipinski definition) is 6. The fraction of sp³-hybridized carbons (Fsp3) is 0.256. The number of para-hydroxylation sites is 1. The van der Waals surface area contributed by atoms with Crippen LogP contribution >= 0.6 is 0 Å². The van der Waals surface area contributed by atoms with Crippen molar-refractivity contribution >= 4 is 29.1 Å². The molecule has 0 N–H and O–H groups in total. The SMILES string of the molecule is COc1ccc([C@@H]2[C@@H](C(=O)c3ccc(CC(C)C)cc3)N3c4ccccc4C=C[C@@H]3C23C(=O)c2ccccc2C3=O)cc1OC. The van der Waals surface area contributed by atoms with Gasteiger partial charge in [-0.2, -0.15) is 0 Å². The minimum atomic E-state index is -1.58. The van der Waals surface area contributed by atoms with Gasteiger partial charge in [-0.05, 0) is 47.2 Å². The van der Waals surface area contributed by atoms with Gasteiger partial charge in [0.15, 0.2) is 28.8 Å². The fourth-order valence-electron chi connectivity index (χ4n) is 7.78. The first-order chi connectivity index (χ1) is 21.8. The van der Waals surface area contributed by atoms with Crippen LogP contribution in [-0.2, 0) is 6.42 Å². The third-order valence-corrected chi connectivity index (χ3v) is 9.63. The van der Waals surface area contributed by atoms with E-state index < -0.39 is 23.4 Å². The highest BCUT2D eigenvalue weighted by molar-refractivity contribution is 6.32. The molecule has 6 heteroatoms. The molecule has 1 saturated heterocycles. The minimum Gasteiger partial charge on any atom is -0.493 e. The Labute approximate surface area is 263 Å². The number of ether oxygens (including phenoxy) is 2. The van der Waals surface area contributed by atoms with Crippen LogP contribution in [0.5, 0.6) is 11.5 Å². The second kappa shape index (κ2) is 10.9. The zero-order valence-electron chi connectivity index (χ0n) is 25.8. The predicted octanol–water partition coefficient (Wildman–Crippen LogP) is 7.22. The van der Waals surface area contributed by atoms with Gasteiger partial charge in [0.05, 0.1) is 20.3 Å². The maximum atomic E-state index is 15.0. The molecule has 1 aliphatic carbocycles. The van der Waals surface area contributed by atoms with Crippen molar-refractivity contribution in [1.82, 2.24) is 0 Å². The third kappa shape index (κ3) is 4.19. The van der Waals surface area contributed by atoms with E-state index in [0.29, 0.717) is 39.7 Å². The summed E-state index contributed by atoms with van der Waals surface area (Å²) in [6, 6.07) is 26.5. The molecule has 6 nitrogen and oxygen atoms in total. The van der Waals surface area contributed by atoms with Crippen LogP contribution in [0, 0.1) is 11.3 Å². The minimum absolute atomic E-state index is 0.144. The number of benzene rings is 4. The van der Waals surface area contributed by atoms with Gasteiger partial charge in [-0.25, -0.2) is 0 Å². The molecule has 0 radical (unpaired) electrons. The Balaban J connectivity index is 1.50. The lowest BCUT2D eigenvalue weighted by molar-refractivity contribution is 0.0665. The Bertz CT molecular complexity index is 1840.